The molecule has 0 aliphatic carbocycles. The summed E-state index contributed by atoms with van der Waals surface area (Å²) in [6.45, 7) is 0. The standard InChI is InChI=1S/C15H11NO2S2/c17-14-13(9-12-7-4-8-18-12)16-15(20-14)19-10-11-5-2-1-3-6-11/h1-9H,10H2/b13-9+. The molecule has 2 heterocycles. The van der Waals surface area contributed by atoms with Crippen molar-refractivity contribution in [3.63, 3.8) is 0 Å². The molecular formula is C15H11NO2S2. The van der Waals surface area contributed by atoms with Crippen LogP contribution in [0.1, 0.15) is 11.3 Å². The van der Waals surface area contributed by atoms with Gasteiger partial charge in [0, 0.05) is 11.8 Å². The lowest BCUT2D eigenvalue weighted by Crippen LogP contribution is -1.87. The Hall–Kier alpha value is -1.72. The molecule has 5 heteroatoms. The van der Waals surface area contributed by atoms with Crippen LogP contribution < -0.4 is 0 Å². The third kappa shape index (κ3) is 3.23. The molecule has 100 valence electrons. The first-order valence-corrected chi connectivity index (χ1v) is 7.84. The Morgan fingerprint density at radius 1 is 1.20 bits per heavy atom. The predicted molar refractivity (Wildman–Crippen MR) is 84.5 cm³/mol. The molecule has 0 saturated heterocycles. The molecule has 0 bridgehead atoms. The Kier molecular flexibility index (Phi) is 4.08. The smallest absolute Gasteiger partial charge is 0.244 e. The fourth-order valence-corrected chi connectivity index (χ4v) is 3.48. The minimum absolute atomic E-state index is 0.0306. The second-order valence-electron chi connectivity index (χ2n) is 4.09. The van der Waals surface area contributed by atoms with E-state index in [1.54, 1.807) is 36.2 Å². The van der Waals surface area contributed by atoms with Crippen LogP contribution in [0.4, 0.5) is 0 Å². The SMILES string of the molecule is O=C1SC(SCc2ccccc2)=N/C1=C/c1ccco1. The summed E-state index contributed by atoms with van der Waals surface area (Å²) in [4.78, 5) is 16.2. The molecule has 0 fully saturated rings. The van der Waals surface area contributed by atoms with E-state index in [0.29, 0.717) is 11.5 Å². The first-order chi connectivity index (χ1) is 9.81. The van der Waals surface area contributed by atoms with E-state index in [-0.39, 0.29) is 5.12 Å². The number of nitrogens with zero attached hydrogens (tertiary/aromatic N) is 1. The molecule has 0 amide bonds. The zero-order chi connectivity index (χ0) is 13.8. The van der Waals surface area contributed by atoms with E-state index in [9.17, 15) is 4.79 Å². The largest absolute Gasteiger partial charge is 0.465 e. The van der Waals surface area contributed by atoms with E-state index in [4.69, 9.17) is 4.42 Å². The van der Waals surface area contributed by atoms with Gasteiger partial charge in [0.1, 0.15) is 15.8 Å². The average molecular weight is 301 g/mol. The van der Waals surface area contributed by atoms with Crippen molar-refractivity contribution in [2.75, 3.05) is 0 Å². The maximum atomic E-state index is 11.8. The number of benzene rings is 1. The van der Waals surface area contributed by atoms with Gasteiger partial charge in [-0.1, -0.05) is 42.1 Å². The highest BCUT2D eigenvalue weighted by molar-refractivity contribution is 8.45. The molecule has 1 aliphatic heterocycles. The number of furan rings is 1. The van der Waals surface area contributed by atoms with Gasteiger partial charge in [-0.05, 0) is 29.5 Å². The fourth-order valence-electron chi connectivity index (χ4n) is 1.68. The Morgan fingerprint density at radius 3 is 2.80 bits per heavy atom. The van der Waals surface area contributed by atoms with Crippen molar-refractivity contribution in [3.05, 3.63) is 65.7 Å². The number of carbonyl (C=O) groups is 1. The van der Waals surface area contributed by atoms with Crippen molar-refractivity contribution in [1.82, 2.24) is 0 Å². The monoisotopic (exact) mass is 301 g/mol. The molecule has 0 spiro atoms. The number of hydrogen-bond acceptors (Lipinski definition) is 5. The van der Waals surface area contributed by atoms with Crippen molar-refractivity contribution in [2.24, 2.45) is 4.99 Å². The average Bonchev–Trinajstić information content (AvgIpc) is 3.09. The number of aliphatic imine (C=N–C) groups is 1. The predicted octanol–water partition coefficient (Wildman–Crippen LogP) is 4.18. The third-order valence-corrected chi connectivity index (χ3v) is 4.71. The van der Waals surface area contributed by atoms with Crippen molar-refractivity contribution < 1.29 is 9.21 Å². The molecule has 3 rings (SSSR count). The van der Waals surface area contributed by atoms with Crippen LogP contribution in [0.15, 0.2) is 63.8 Å². The van der Waals surface area contributed by atoms with Gasteiger partial charge in [0.25, 0.3) is 0 Å². The van der Waals surface area contributed by atoms with Crippen LogP contribution in [0.2, 0.25) is 0 Å². The van der Waals surface area contributed by atoms with Gasteiger partial charge in [-0.25, -0.2) is 4.99 Å². The summed E-state index contributed by atoms with van der Waals surface area (Å²) < 4.78 is 5.98. The molecule has 1 aliphatic rings. The molecule has 0 atom stereocenters. The van der Waals surface area contributed by atoms with Crippen molar-refractivity contribution in [2.45, 2.75) is 5.75 Å². The maximum Gasteiger partial charge on any atom is 0.244 e. The molecule has 0 saturated carbocycles. The topological polar surface area (TPSA) is 42.6 Å². The Morgan fingerprint density at radius 2 is 2.05 bits per heavy atom. The first-order valence-electron chi connectivity index (χ1n) is 6.04. The van der Waals surface area contributed by atoms with Crippen molar-refractivity contribution in [3.8, 4) is 0 Å². The molecule has 0 radical (unpaired) electrons. The van der Waals surface area contributed by atoms with Crippen LogP contribution in [0.5, 0.6) is 0 Å². The van der Waals surface area contributed by atoms with Gasteiger partial charge < -0.3 is 4.42 Å². The van der Waals surface area contributed by atoms with E-state index >= 15 is 0 Å². The minimum Gasteiger partial charge on any atom is -0.465 e. The van der Waals surface area contributed by atoms with Crippen LogP contribution in [0.3, 0.4) is 0 Å². The van der Waals surface area contributed by atoms with Crippen LogP contribution in [-0.2, 0) is 10.5 Å². The van der Waals surface area contributed by atoms with E-state index in [1.807, 2.05) is 18.2 Å². The van der Waals surface area contributed by atoms with E-state index in [0.717, 1.165) is 10.1 Å². The molecule has 1 aromatic heterocycles. The second-order valence-corrected chi connectivity index (χ2v) is 6.27. The highest BCUT2D eigenvalue weighted by Crippen LogP contribution is 2.32. The van der Waals surface area contributed by atoms with Gasteiger partial charge in [-0.3, -0.25) is 4.79 Å². The van der Waals surface area contributed by atoms with Gasteiger partial charge in [-0.15, -0.1) is 0 Å². The lowest BCUT2D eigenvalue weighted by atomic mass is 10.2. The summed E-state index contributed by atoms with van der Waals surface area (Å²) in [7, 11) is 0. The summed E-state index contributed by atoms with van der Waals surface area (Å²) in [6, 6.07) is 13.7. The summed E-state index contributed by atoms with van der Waals surface area (Å²) in [5.74, 6) is 1.46. The summed E-state index contributed by atoms with van der Waals surface area (Å²) in [5, 5.41) is -0.0306. The zero-order valence-corrected chi connectivity index (χ0v) is 12.1. The third-order valence-electron chi connectivity index (χ3n) is 2.63. The highest BCUT2D eigenvalue weighted by Gasteiger charge is 2.22. The normalized spacial score (nSPS) is 16.7. The zero-order valence-electron chi connectivity index (χ0n) is 10.5. The fraction of sp³-hybridized carbons (Fsp3) is 0.0667. The molecule has 2 aromatic rings. The number of hydrogen-bond donors (Lipinski definition) is 0. The molecule has 0 N–H and O–H groups in total. The Labute approximate surface area is 125 Å². The Bertz CT molecular complexity index is 660. The van der Waals surface area contributed by atoms with Crippen LogP contribution in [0, 0.1) is 0 Å². The number of carbonyl (C=O) groups excluding carboxylic acids is 1. The lowest BCUT2D eigenvalue weighted by molar-refractivity contribution is -0.107. The van der Waals surface area contributed by atoms with E-state index in [1.165, 1.54) is 17.3 Å². The van der Waals surface area contributed by atoms with Crippen molar-refractivity contribution >= 4 is 39.1 Å². The number of thioether (sulfide) groups is 2. The van der Waals surface area contributed by atoms with Crippen LogP contribution in [0.25, 0.3) is 6.08 Å². The molecule has 20 heavy (non-hydrogen) atoms. The maximum absolute atomic E-state index is 11.8. The van der Waals surface area contributed by atoms with Gasteiger partial charge in [0.05, 0.1) is 6.26 Å². The summed E-state index contributed by atoms with van der Waals surface area (Å²) in [6.07, 6.45) is 3.25. The Balaban J connectivity index is 1.68. The highest BCUT2D eigenvalue weighted by atomic mass is 32.2. The van der Waals surface area contributed by atoms with Gasteiger partial charge in [-0.2, -0.15) is 0 Å². The molecule has 3 nitrogen and oxygen atoms in total. The van der Waals surface area contributed by atoms with Crippen LogP contribution >= 0.6 is 23.5 Å². The number of rotatable bonds is 3. The summed E-state index contributed by atoms with van der Waals surface area (Å²) in [5.41, 5.74) is 1.66. The van der Waals surface area contributed by atoms with Crippen molar-refractivity contribution in [1.29, 1.82) is 0 Å². The lowest BCUT2D eigenvalue weighted by Gasteiger charge is -1.98. The quantitative estimate of drug-likeness (QED) is 0.797. The minimum atomic E-state index is -0.0306. The van der Waals surface area contributed by atoms with E-state index < -0.39 is 0 Å². The molecular weight excluding hydrogens is 290 g/mol. The van der Waals surface area contributed by atoms with Gasteiger partial charge >= 0.3 is 0 Å². The first kappa shape index (κ1) is 13.3. The van der Waals surface area contributed by atoms with E-state index in [2.05, 4.69) is 17.1 Å². The molecule has 1 aromatic carbocycles. The summed E-state index contributed by atoms with van der Waals surface area (Å²) >= 11 is 2.76. The van der Waals surface area contributed by atoms with Crippen LogP contribution in [-0.4, -0.2) is 9.49 Å². The van der Waals surface area contributed by atoms with Gasteiger partial charge in [0.2, 0.25) is 5.12 Å². The molecule has 0 unspecified atom stereocenters. The second kappa shape index (κ2) is 6.15. The van der Waals surface area contributed by atoms with Gasteiger partial charge in [0.15, 0.2) is 0 Å².